The number of aromatic nitrogens is 1. The molecule has 0 aliphatic carbocycles. The van der Waals surface area contributed by atoms with E-state index in [9.17, 15) is 0 Å². The van der Waals surface area contributed by atoms with Gasteiger partial charge in [-0.25, -0.2) is 0 Å². The molecule has 0 saturated heterocycles. The predicted molar refractivity (Wildman–Crippen MR) is 121 cm³/mol. The van der Waals surface area contributed by atoms with Crippen molar-refractivity contribution in [2.45, 2.75) is 52.9 Å². The van der Waals surface area contributed by atoms with Crippen LogP contribution in [0.3, 0.4) is 0 Å². The molecular weight excluding hydrogens is 358 g/mol. The van der Waals surface area contributed by atoms with Crippen LogP contribution in [0.5, 0.6) is 11.5 Å². The van der Waals surface area contributed by atoms with E-state index < -0.39 is 0 Å². The van der Waals surface area contributed by atoms with E-state index in [-0.39, 0.29) is 0 Å². The van der Waals surface area contributed by atoms with Crippen LogP contribution in [0, 0.1) is 5.92 Å². The van der Waals surface area contributed by atoms with E-state index in [4.69, 9.17) is 9.47 Å². The third-order valence-corrected chi connectivity index (χ3v) is 5.38. The number of hydrogen-bond acceptors (Lipinski definition) is 3. The standard InChI is InChI=1S/C26H33NO2/c1-18(2)14-16-29-24-12-10-20(17-25(24)28-5)9-11-21-13-15-27-26-22(19(3)4)7-6-8-23(21)26/h6-8,10,12-13,15,17-19H,9,11,14,16H2,1-5H3. The molecule has 3 aromatic rings. The Labute approximate surface area is 175 Å². The summed E-state index contributed by atoms with van der Waals surface area (Å²) >= 11 is 0. The number of methoxy groups -OCH3 is 1. The largest absolute Gasteiger partial charge is 0.493 e. The average molecular weight is 392 g/mol. The van der Waals surface area contributed by atoms with Crippen LogP contribution in [0.2, 0.25) is 0 Å². The number of ether oxygens (including phenoxy) is 2. The van der Waals surface area contributed by atoms with Crippen LogP contribution in [-0.4, -0.2) is 18.7 Å². The maximum atomic E-state index is 5.92. The van der Waals surface area contributed by atoms with Gasteiger partial charge in [-0.15, -0.1) is 0 Å². The van der Waals surface area contributed by atoms with E-state index in [2.05, 4.69) is 69.1 Å². The summed E-state index contributed by atoms with van der Waals surface area (Å²) in [5, 5.41) is 1.26. The maximum Gasteiger partial charge on any atom is 0.161 e. The highest BCUT2D eigenvalue weighted by atomic mass is 16.5. The normalized spacial score (nSPS) is 11.4. The molecular formula is C26H33NO2. The Morgan fingerprint density at radius 3 is 2.48 bits per heavy atom. The second-order valence-electron chi connectivity index (χ2n) is 8.38. The third-order valence-electron chi connectivity index (χ3n) is 5.38. The molecule has 0 spiro atoms. The molecule has 0 radical (unpaired) electrons. The lowest BCUT2D eigenvalue weighted by atomic mass is 9.95. The number of para-hydroxylation sites is 1. The molecule has 154 valence electrons. The molecule has 29 heavy (non-hydrogen) atoms. The second kappa shape index (κ2) is 9.78. The Balaban J connectivity index is 1.75. The molecule has 0 N–H and O–H groups in total. The van der Waals surface area contributed by atoms with Gasteiger partial charge in [-0.05, 0) is 66.0 Å². The highest BCUT2D eigenvalue weighted by molar-refractivity contribution is 5.85. The summed E-state index contributed by atoms with van der Waals surface area (Å²) < 4.78 is 11.5. The van der Waals surface area contributed by atoms with Gasteiger partial charge in [0.15, 0.2) is 11.5 Å². The van der Waals surface area contributed by atoms with Crippen LogP contribution < -0.4 is 9.47 Å². The molecule has 0 aliphatic heterocycles. The van der Waals surface area contributed by atoms with Gasteiger partial charge in [-0.3, -0.25) is 4.98 Å². The monoisotopic (exact) mass is 391 g/mol. The van der Waals surface area contributed by atoms with Gasteiger partial charge in [0.05, 0.1) is 19.2 Å². The van der Waals surface area contributed by atoms with Crippen LogP contribution in [-0.2, 0) is 12.8 Å². The fourth-order valence-electron chi connectivity index (χ4n) is 3.61. The van der Waals surface area contributed by atoms with Crippen LogP contribution in [0.15, 0.2) is 48.7 Å². The molecule has 1 aromatic heterocycles. The maximum absolute atomic E-state index is 5.92. The highest BCUT2D eigenvalue weighted by Gasteiger charge is 2.10. The van der Waals surface area contributed by atoms with Gasteiger partial charge in [0.2, 0.25) is 0 Å². The molecule has 0 aliphatic rings. The zero-order chi connectivity index (χ0) is 20.8. The van der Waals surface area contributed by atoms with Gasteiger partial charge in [-0.2, -0.15) is 0 Å². The molecule has 0 amide bonds. The minimum atomic E-state index is 0.467. The average Bonchev–Trinajstić information content (AvgIpc) is 2.71. The molecule has 0 saturated carbocycles. The summed E-state index contributed by atoms with van der Waals surface area (Å²) in [7, 11) is 1.71. The molecule has 3 nitrogen and oxygen atoms in total. The Morgan fingerprint density at radius 2 is 1.76 bits per heavy atom. The van der Waals surface area contributed by atoms with E-state index >= 15 is 0 Å². The zero-order valence-corrected chi connectivity index (χ0v) is 18.4. The van der Waals surface area contributed by atoms with E-state index in [1.807, 2.05) is 12.3 Å². The van der Waals surface area contributed by atoms with Crippen molar-refractivity contribution < 1.29 is 9.47 Å². The smallest absolute Gasteiger partial charge is 0.161 e. The van der Waals surface area contributed by atoms with Crippen LogP contribution in [0.1, 0.15) is 56.7 Å². The van der Waals surface area contributed by atoms with Gasteiger partial charge < -0.3 is 9.47 Å². The number of fused-ring (bicyclic) bond motifs is 1. The number of aryl methyl sites for hydroxylation is 2. The third kappa shape index (κ3) is 5.29. The first kappa shape index (κ1) is 21.2. The number of pyridine rings is 1. The molecule has 3 rings (SSSR count). The highest BCUT2D eigenvalue weighted by Crippen LogP contribution is 2.30. The van der Waals surface area contributed by atoms with Crippen molar-refractivity contribution in [3.63, 3.8) is 0 Å². The van der Waals surface area contributed by atoms with E-state index in [1.165, 1.54) is 22.1 Å². The fourth-order valence-corrected chi connectivity index (χ4v) is 3.61. The van der Waals surface area contributed by atoms with Crippen LogP contribution >= 0.6 is 0 Å². The summed E-state index contributed by atoms with van der Waals surface area (Å²) in [4.78, 5) is 4.66. The Bertz CT molecular complexity index is 947. The minimum absolute atomic E-state index is 0.467. The summed E-state index contributed by atoms with van der Waals surface area (Å²) in [6.45, 7) is 9.57. The molecule has 0 bridgehead atoms. The van der Waals surface area contributed by atoms with Gasteiger partial charge in [-0.1, -0.05) is 52.0 Å². The second-order valence-corrected chi connectivity index (χ2v) is 8.38. The van der Waals surface area contributed by atoms with E-state index in [0.29, 0.717) is 18.4 Å². The van der Waals surface area contributed by atoms with Crippen molar-refractivity contribution in [2.75, 3.05) is 13.7 Å². The van der Waals surface area contributed by atoms with Crippen molar-refractivity contribution in [3.8, 4) is 11.5 Å². The molecule has 0 atom stereocenters. The van der Waals surface area contributed by atoms with Crippen molar-refractivity contribution in [2.24, 2.45) is 5.92 Å². The number of benzene rings is 2. The zero-order valence-electron chi connectivity index (χ0n) is 18.4. The van der Waals surface area contributed by atoms with Crippen molar-refractivity contribution in [3.05, 3.63) is 65.4 Å². The first-order valence-corrected chi connectivity index (χ1v) is 10.7. The van der Waals surface area contributed by atoms with Gasteiger partial charge in [0.25, 0.3) is 0 Å². The summed E-state index contributed by atoms with van der Waals surface area (Å²) in [5.74, 6) is 2.74. The van der Waals surface area contributed by atoms with Crippen molar-refractivity contribution >= 4 is 10.9 Å². The molecule has 1 heterocycles. The quantitative estimate of drug-likeness (QED) is 0.413. The van der Waals surface area contributed by atoms with Gasteiger partial charge >= 0.3 is 0 Å². The fraction of sp³-hybridized carbons (Fsp3) is 0.423. The lowest BCUT2D eigenvalue weighted by Gasteiger charge is -2.14. The summed E-state index contributed by atoms with van der Waals surface area (Å²) in [6.07, 6.45) is 4.90. The van der Waals surface area contributed by atoms with Crippen molar-refractivity contribution in [1.29, 1.82) is 0 Å². The molecule has 2 aromatic carbocycles. The number of hydrogen-bond donors (Lipinski definition) is 0. The van der Waals surface area contributed by atoms with E-state index in [1.54, 1.807) is 7.11 Å². The SMILES string of the molecule is COc1cc(CCc2ccnc3c(C(C)C)cccc23)ccc1OCCC(C)C. The molecule has 3 heteroatoms. The molecule has 0 unspecified atom stereocenters. The minimum Gasteiger partial charge on any atom is -0.493 e. The summed E-state index contributed by atoms with van der Waals surface area (Å²) in [6, 6.07) is 15.0. The molecule has 0 fully saturated rings. The predicted octanol–water partition coefficient (Wildman–Crippen LogP) is 6.58. The van der Waals surface area contributed by atoms with Crippen molar-refractivity contribution in [1.82, 2.24) is 4.98 Å². The first-order chi connectivity index (χ1) is 14.0. The topological polar surface area (TPSA) is 31.4 Å². The van der Waals surface area contributed by atoms with Crippen LogP contribution in [0.25, 0.3) is 10.9 Å². The number of nitrogens with zero attached hydrogens (tertiary/aromatic N) is 1. The lowest BCUT2D eigenvalue weighted by molar-refractivity contribution is 0.273. The summed E-state index contributed by atoms with van der Waals surface area (Å²) in [5.41, 5.74) is 5.04. The van der Waals surface area contributed by atoms with Gasteiger partial charge in [0, 0.05) is 11.6 Å². The Kier molecular flexibility index (Phi) is 7.13. The van der Waals surface area contributed by atoms with Gasteiger partial charge in [0.1, 0.15) is 0 Å². The lowest BCUT2D eigenvalue weighted by Crippen LogP contribution is -2.03. The van der Waals surface area contributed by atoms with Crippen LogP contribution in [0.4, 0.5) is 0 Å². The Morgan fingerprint density at radius 1 is 0.931 bits per heavy atom. The number of rotatable bonds is 9. The first-order valence-electron chi connectivity index (χ1n) is 10.7. The van der Waals surface area contributed by atoms with E-state index in [0.717, 1.165) is 36.3 Å². The Hall–Kier alpha value is -2.55.